The van der Waals surface area contributed by atoms with Gasteiger partial charge in [-0.2, -0.15) is 0 Å². The van der Waals surface area contributed by atoms with Gasteiger partial charge in [0.2, 0.25) is 0 Å². The zero-order chi connectivity index (χ0) is 18.6. The van der Waals surface area contributed by atoms with E-state index in [1.165, 1.54) is 48.8 Å². The van der Waals surface area contributed by atoms with Gasteiger partial charge in [-0.05, 0) is 49.1 Å². The third-order valence-electron chi connectivity index (χ3n) is 4.75. The lowest BCUT2D eigenvalue weighted by Crippen LogP contribution is -1.99. The second-order valence-corrected chi connectivity index (χ2v) is 6.86. The summed E-state index contributed by atoms with van der Waals surface area (Å²) in [6.45, 7) is 7.93. The maximum atomic E-state index is 5.86. The normalized spacial score (nSPS) is 12.1. The molecular formula is C24H34O2. The molecule has 0 radical (unpaired) electrons. The van der Waals surface area contributed by atoms with Crippen LogP contribution in [0.3, 0.4) is 0 Å². The molecule has 2 aromatic carbocycles. The van der Waals surface area contributed by atoms with E-state index < -0.39 is 0 Å². The molecule has 2 aromatic rings. The maximum Gasteiger partial charge on any atom is 0.119 e. The summed E-state index contributed by atoms with van der Waals surface area (Å²) in [5, 5.41) is 0. The molecule has 0 saturated carbocycles. The molecule has 2 nitrogen and oxygen atoms in total. The Balaban J connectivity index is 1.79. The van der Waals surface area contributed by atoms with E-state index in [0.717, 1.165) is 25.4 Å². The molecule has 142 valence electrons. The van der Waals surface area contributed by atoms with Gasteiger partial charge in [0.25, 0.3) is 0 Å². The average molecular weight is 355 g/mol. The molecule has 2 rings (SSSR count). The van der Waals surface area contributed by atoms with E-state index in [1.807, 2.05) is 6.92 Å². The number of rotatable bonds is 12. The van der Waals surface area contributed by atoms with Crippen molar-refractivity contribution in [2.24, 2.45) is 0 Å². The van der Waals surface area contributed by atoms with Crippen LogP contribution in [0, 0.1) is 0 Å². The van der Waals surface area contributed by atoms with E-state index in [-0.39, 0.29) is 6.10 Å². The second-order valence-electron chi connectivity index (χ2n) is 6.86. The summed E-state index contributed by atoms with van der Waals surface area (Å²) < 4.78 is 11.5. The first-order valence-electron chi connectivity index (χ1n) is 10.2. The average Bonchev–Trinajstić information content (AvgIpc) is 2.68. The van der Waals surface area contributed by atoms with E-state index >= 15 is 0 Å². The summed E-state index contributed by atoms with van der Waals surface area (Å²) in [7, 11) is 0. The fourth-order valence-electron chi connectivity index (χ4n) is 3.11. The highest BCUT2D eigenvalue weighted by molar-refractivity contribution is 5.64. The van der Waals surface area contributed by atoms with E-state index in [2.05, 4.69) is 62.4 Å². The van der Waals surface area contributed by atoms with Crippen molar-refractivity contribution >= 4 is 0 Å². The highest BCUT2D eigenvalue weighted by Crippen LogP contribution is 2.25. The van der Waals surface area contributed by atoms with Gasteiger partial charge in [-0.15, -0.1) is 0 Å². The predicted molar refractivity (Wildman–Crippen MR) is 111 cm³/mol. The van der Waals surface area contributed by atoms with E-state index in [0.29, 0.717) is 0 Å². The van der Waals surface area contributed by atoms with Gasteiger partial charge in [-0.25, -0.2) is 0 Å². The van der Waals surface area contributed by atoms with Gasteiger partial charge in [0, 0.05) is 6.61 Å². The third-order valence-corrected chi connectivity index (χ3v) is 4.75. The van der Waals surface area contributed by atoms with Crippen molar-refractivity contribution in [1.29, 1.82) is 0 Å². The molecule has 0 amide bonds. The Morgan fingerprint density at radius 2 is 1.31 bits per heavy atom. The minimum atomic E-state index is 0.145. The van der Waals surface area contributed by atoms with Gasteiger partial charge in [-0.1, -0.05) is 75.4 Å². The largest absolute Gasteiger partial charge is 0.494 e. The summed E-state index contributed by atoms with van der Waals surface area (Å²) in [6.07, 6.45) is 7.90. The van der Waals surface area contributed by atoms with Gasteiger partial charge >= 0.3 is 0 Å². The number of benzene rings is 2. The van der Waals surface area contributed by atoms with E-state index in [4.69, 9.17) is 9.47 Å². The van der Waals surface area contributed by atoms with Gasteiger partial charge in [-0.3, -0.25) is 0 Å². The van der Waals surface area contributed by atoms with Crippen LogP contribution in [-0.2, 0) is 4.74 Å². The monoisotopic (exact) mass is 354 g/mol. The number of unbranched alkanes of at least 4 members (excludes halogenated alkanes) is 5. The minimum absolute atomic E-state index is 0.145. The second kappa shape index (κ2) is 11.7. The molecule has 2 heteroatoms. The van der Waals surface area contributed by atoms with Crippen molar-refractivity contribution in [3.8, 4) is 16.9 Å². The molecule has 0 N–H and O–H groups in total. The molecule has 0 bridgehead atoms. The molecule has 0 saturated heterocycles. The zero-order valence-electron chi connectivity index (χ0n) is 16.7. The molecular weight excluding hydrogens is 320 g/mol. The Labute approximate surface area is 159 Å². The van der Waals surface area contributed by atoms with E-state index in [1.54, 1.807) is 0 Å². The smallest absolute Gasteiger partial charge is 0.119 e. The maximum absolute atomic E-state index is 5.86. The van der Waals surface area contributed by atoms with Crippen molar-refractivity contribution in [1.82, 2.24) is 0 Å². The van der Waals surface area contributed by atoms with Crippen molar-refractivity contribution in [2.75, 3.05) is 13.2 Å². The van der Waals surface area contributed by atoms with Crippen LogP contribution in [0.25, 0.3) is 11.1 Å². The van der Waals surface area contributed by atoms with Crippen LogP contribution in [0.4, 0.5) is 0 Å². The molecule has 1 atom stereocenters. The Morgan fingerprint density at radius 3 is 1.92 bits per heavy atom. The van der Waals surface area contributed by atoms with Crippen LogP contribution in [0.15, 0.2) is 48.5 Å². The molecule has 0 aliphatic heterocycles. The highest BCUT2D eigenvalue weighted by Gasteiger charge is 2.05. The van der Waals surface area contributed by atoms with Crippen LogP contribution < -0.4 is 4.74 Å². The molecule has 0 heterocycles. The summed E-state index contributed by atoms with van der Waals surface area (Å²) >= 11 is 0. The lowest BCUT2D eigenvalue weighted by atomic mass is 10.0. The fraction of sp³-hybridized carbons (Fsp3) is 0.500. The SMILES string of the molecule is CCCCCCCCOc1ccc(-c2ccc(C(C)OCC)cc2)cc1. The van der Waals surface area contributed by atoms with E-state index in [9.17, 15) is 0 Å². The predicted octanol–water partition coefficient (Wildman–Crippen LogP) is 7.19. The van der Waals surface area contributed by atoms with Crippen molar-refractivity contribution in [2.45, 2.75) is 65.4 Å². The molecule has 26 heavy (non-hydrogen) atoms. The number of ether oxygens (including phenoxy) is 2. The van der Waals surface area contributed by atoms with Gasteiger partial charge in [0.1, 0.15) is 5.75 Å². The van der Waals surface area contributed by atoms with Crippen molar-refractivity contribution in [3.63, 3.8) is 0 Å². The van der Waals surface area contributed by atoms with Crippen molar-refractivity contribution in [3.05, 3.63) is 54.1 Å². The van der Waals surface area contributed by atoms with Gasteiger partial charge < -0.3 is 9.47 Å². The number of hydrogen-bond donors (Lipinski definition) is 0. The van der Waals surface area contributed by atoms with Gasteiger partial charge in [0.05, 0.1) is 12.7 Å². The highest BCUT2D eigenvalue weighted by atomic mass is 16.5. The number of hydrogen-bond acceptors (Lipinski definition) is 2. The molecule has 0 spiro atoms. The Morgan fingerprint density at radius 1 is 0.731 bits per heavy atom. The first-order valence-corrected chi connectivity index (χ1v) is 10.2. The third kappa shape index (κ3) is 6.84. The molecule has 0 fully saturated rings. The standard InChI is InChI=1S/C24H34O2/c1-4-6-7-8-9-10-19-26-24-17-15-23(16-18-24)22-13-11-21(12-14-22)20(3)25-5-2/h11-18,20H,4-10,19H2,1-3H3. The molecule has 0 aliphatic carbocycles. The zero-order valence-corrected chi connectivity index (χ0v) is 16.7. The molecule has 1 unspecified atom stereocenters. The summed E-state index contributed by atoms with van der Waals surface area (Å²) in [6, 6.07) is 17.0. The van der Waals surface area contributed by atoms with Crippen molar-refractivity contribution < 1.29 is 9.47 Å². The van der Waals surface area contributed by atoms with Crippen LogP contribution >= 0.6 is 0 Å². The summed E-state index contributed by atoms with van der Waals surface area (Å²) in [4.78, 5) is 0. The quantitative estimate of drug-likeness (QED) is 0.375. The Hall–Kier alpha value is -1.80. The first kappa shape index (κ1) is 20.5. The fourth-order valence-corrected chi connectivity index (χ4v) is 3.11. The lowest BCUT2D eigenvalue weighted by molar-refractivity contribution is 0.0764. The lowest BCUT2D eigenvalue weighted by Gasteiger charge is -2.12. The van der Waals surface area contributed by atoms with Crippen LogP contribution in [-0.4, -0.2) is 13.2 Å². The Kier molecular flexibility index (Phi) is 9.27. The van der Waals surface area contributed by atoms with Gasteiger partial charge in [0.15, 0.2) is 0 Å². The first-order chi connectivity index (χ1) is 12.7. The topological polar surface area (TPSA) is 18.5 Å². The van der Waals surface area contributed by atoms with Crippen LogP contribution in [0.1, 0.15) is 71.0 Å². The minimum Gasteiger partial charge on any atom is -0.494 e. The molecule has 0 aliphatic rings. The Bertz CT molecular complexity index is 601. The van der Waals surface area contributed by atoms with Crippen LogP contribution in [0.5, 0.6) is 5.75 Å². The van der Waals surface area contributed by atoms with Crippen LogP contribution in [0.2, 0.25) is 0 Å². The molecule has 0 aromatic heterocycles. The summed E-state index contributed by atoms with van der Waals surface area (Å²) in [5.74, 6) is 0.962. The summed E-state index contributed by atoms with van der Waals surface area (Å²) in [5.41, 5.74) is 3.65.